The van der Waals surface area contributed by atoms with Crippen LogP contribution in [0.4, 0.5) is 11.4 Å². The number of sulfonamides is 1. The Bertz CT molecular complexity index is 966. The largest absolute Gasteiger partial charge is 0.367 e. The van der Waals surface area contributed by atoms with Crippen LogP contribution in [0.2, 0.25) is 5.02 Å². The molecule has 1 saturated heterocycles. The van der Waals surface area contributed by atoms with Gasteiger partial charge in [0.25, 0.3) is 0 Å². The van der Waals surface area contributed by atoms with Gasteiger partial charge in [-0.3, -0.25) is 9.52 Å². The third kappa shape index (κ3) is 5.50. The van der Waals surface area contributed by atoms with Gasteiger partial charge in [0.1, 0.15) is 0 Å². The second kappa shape index (κ2) is 8.67. The monoisotopic (exact) mass is 419 g/mol. The highest BCUT2D eigenvalue weighted by Crippen LogP contribution is 2.26. The lowest BCUT2D eigenvalue weighted by Crippen LogP contribution is -2.48. The molecular formula is C20H22ClN3O3S. The van der Waals surface area contributed by atoms with Crippen LogP contribution in [-0.2, 0) is 14.8 Å². The van der Waals surface area contributed by atoms with Crippen molar-refractivity contribution in [1.82, 2.24) is 4.90 Å². The molecule has 0 unspecified atom stereocenters. The zero-order valence-corrected chi connectivity index (χ0v) is 17.1. The third-order valence-corrected chi connectivity index (χ3v) is 5.34. The lowest BCUT2D eigenvalue weighted by Gasteiger charge is -2.36. The quantitative estimate of drug-likeness (QED) is 0.756. The van der Waals surface area contributed by atoms with Crippen molar-refractivity contribution >= 4 is 45.0 Å². The molecule has 0 bridgehead atoms. The maximum absolute atomic E-state index is 12.4. The van der Waals surface area contributed by atoms with E-state index in [0.717, 1.165) is 35.6 Å². The van der Waals surface area contributed by atoms with Gasteiger partial charge in [-0.05, 0) is 35.9 Å². The van der Waals surface area contributed by atoms with Crippen molar-refractivity contribution in [3.8, 4) is 0 Å². The molecule has 0 saturated carbocycles. The summed E-state index contributed by atoms with van der Waals surface area (Å²) in [6.45, 7) is 2.72. The molecule has 0 atom stereocenters. The molecule has 1 aliphatic rings. The summed E-state index contributed by atoms with van der Waals surface area (Å²) >= 11 is 6.25. The number of nitrogens with zero attached hydrogens (tertiary/aromatic N) is 2. The van der Waals surface area contributed by atoms with Gasteiger partial charge >= 0.3 is 0 Å². The lowest BCUT2D eigenvalue weighted by molar-refractivity contribution is -0.126. The summed E-state index contributed by atoms with van der Waals surface area (Å²) in [5, 5.41) is 0.719. The summed E-state index contributed by atoms with van der Waals surface area (Å²) in [7, 11) is -3.30. The Hall–Kier alpha value is -2.51. The van der Waals surface area contributed by atoms with E-state index in [1.54, 1.807) is 36.4 Å². The van der Waals surface area contributed by atoms with Gasteiger partial charge in [0.2, 0.25) is 15.9 Å². The number of amides is 1. The van der Waals surface area contributed by atoms with Crippen molar-refractivity contribution in [2.45, 2.75) is 0 Å². The molecule has 8 heteroatoms. The van der Waals surface area contributed by atoms with Gasteiger partial charge in [0.15, 0.2) is 0 Å². The summed E-state index contributed by atoms with van der Waals surface area (Å²) in [5.74, 6) is -0.0443. The number of anilines is 2. The van der Waals surface area contributed by atoms with Gasteiger partial charge in [-0.15, -0.1) is 0 Å². The maximum atomic E-state index is 12.4. The van der Waals surface area contributed by atoms with Crippen LogP contribution < -0.4 is 9.62 Å². The Morgan fingerprint density at radius 2 is 1.68 bits per heavy atom. The summed E-state index contributed by atoms with van der Waals surface area (Å²) in [5.41, 5.74) is 2.30. The average Bonchev–Trinajstić information content (AvgIpc) is 2.66. The summed E-state index contributed by atoms with van der Waals surface area (Å²) in [6.07, 6.45) is 4.38. The molecule has 0 spiro atoms. The van der Waals surface area contributed by atoms with Crippen LogP contribution in [0.5, 0.6) is 0 Å². The molecule has 1 heterocycles. The van der Waals surface area contributed by atoms with Crippen molar-refractivity contribution in [1.29, 1.82) is 0 Å². The fraction of sp³-hybridized carbons (Fsp3) is 0.250. The zero-order valence-electron chi connectivity index (χ0n) is 15.5. The van der Waals surface area contributed by atoms with E-state index in [2.05, 4.69) is 9.62 Å². The maximum Gasteiger partial charge on any atom is 0.246 e. The van der Waals surface area contributed by atoms with Gasteiger partial charge < -0.3 is 9.80 Å². The fourth-order valence-electron chi connectivity index (χ4n) is 3.03. The normalized spacial score (nSPS) is 15.1. The van der Waals surface area contributed by atoms with Crippen molar-refractivity contribution in [3.05, 3.63) is 65.2 Å². The topological polar surface area (TPSA) is 69.7 Å². The van der Waals surface area contributed by atoms with E-state index < -0.39 is 10.0 Å². The SMILES string of the molecule is CS(=O)(=O)Nc1ccc(/C=C/C(=O)N2CCN(c3ccccc3Cl)CC2)cc1. The van der Waals surface area contributed by atoms with Crippen LogP contribution in [0.15, 0.2) is 54.6 Å². The van der Waals surface area contributed by atoms with E-state index in [-0.39, 0.29) is 5.91 Å². The van der Waals surface area contributed by atoms with Gasteiger partial charge in [0, 0.05) is 37.9 Å². The number of carbonyl (C=O) groups is 1. The predicted octanol–water partition coefficient (Wildman–Crippen LogP) is 3.07. The Labute approximate surface area is 170 Å². The molecule has 1 N–H and O–H groups in total. The molecule has 6 nitrogen and oxygen atoms in total. The molecule has 2 aromatic carbocycles. The van der Waals surface area contributed by atoms with Crippen molar-refractivity contribution in [2.75, 3.05) is 42.1 Å². The molecule has 1 fully saturated rings. The first-order valence-electron chi connectivity index (χ1n) is 8.86. The number of nitrogens with one attached hydrogen (secondary N) is 1. The standard InChI is InChI=1S/C20H22ClN3O3S/c1-28(26,27)22-17-9-6-16(7-10-17)8-11-20(25)24-14-12-23(13-15-24)19-5-3-2-4-18(19)21/h2-11,22H,12-15H2,1H3/b11-8+. The number of piperazine rings is 1. The van der Waals surface area contributed by atoms with Crippen LogP contribution in [0.3, 0.4) is 0 Å². The summed E-state index contributed by atoms with van der Waals surface area (Å²) in [6, 6.07) is 14.6. The van der Waals surface area contributed by atoms with Gasteiger partial charge in [-0.25, -0.2) is 8.42 Å². The molecule has 3 rings (SSSR count). The first-order chi connectivity index (χ1) is 13.3. The number of halogens is 1. The Morgan fingerprint density at radius 1 is 1.04 bits per heavy atom. The molecule has 0 radical (unpaired) electrons. The molecule has 1 amide bonds. The Balaban J connectivity index is 1.55. The second-order valence-electron chi connectivity index (χ2n) is 6.59. The van der Waals surface area contributed by atoms with E-state index in [1.165, 1.54) is 0 Å². The lowest BCUT2D eigenvalue weighted by atomic mass is 10.2. The number of rotatable bonds is 5. The minimum Gasteiger partial charge on any atom is -0.367 e. The van der Waals surface area contributed by atoms with Crippen molar-refractivity contribution in [2.24, 2.45) is 0 Å². The number of hydrogen-bond acceptors (Lipinski definition) is 4. The highest BCUT2D eigenvalue weighted by atomic mass is 35.5. The molecule has 1 aliphatic heterocycles. The highest BCUT2D eigenvalue weighted by molar-refractivity contribution is 7.92. The molecule has 148 valence electrons. The number of para-hydroxylation sites is 1. The molecule has 0 aromatic heterocycles. The minimum absolute atomic E-state index is 0.0443. The number of hydrogen-bond donors (Lipinski definition) is 1. The summed E-state index contributed by atoms with van der Waals surface area (Å²) in [4.78, 5) is 16.4. The van der Waals surface area contributed by atoms with E-state index in [9.17, 15) is 13.2 Å². The Kier molecular flexibility index (Phi) is 6.26. The van der Waals surface area contributed by atoms with Gasteiger partial charge in [-0.1, -0.05) is 35.9 Å². The average molecular weight is 420 g/mol. The first kappa shape index (κ1) is 20.2. The van der Waals surface area contributed by atoms with Crippen LogP contribution in [0.1, 0.15) is 5.56 Å². The van der Waals surface area contributed by atoms with E-state index >= 15 is 0 Å². The van der Waals surface area contributed by atoms with Gasteiger partial charge in [-0.2, -0.15) is 0 Å². The first-order valence-corrected chi connectivity index (χ1v) is 11.1. The highest BCUT2D eigenvalue weighted by Gasteiger charge is 2.20. The third-order valence-electron chi connectivity index (χ3n) is 4.42. The van der Waals surface area contributed by atoms with E-state index in [4.69, 9.17) is 11.6 Å². The predicted molar refractivity (Wildman–Crippen MR) is 114 cm³/mol. The van der Waals surface area contributed by atoms with Crippen LogP contribution in [-0.4, -0.2) is 51.7 Å². The van der Waals surface area contributed by atoms with Crippen LogP contribution in [0.25, 0.3) is 6.08 Å². The smallest absolute Gasteiger partial charge is 0.246 e. The zero-order chi connectivity index (χ0) is 20.1. The number of benzene rings is 2. The molecule has 0 aliphatic carbocycles. The van der Waals surface area contributed by atoms with E-state index in [1.807, 2.05) is 29.2 Å². The molecule has 2 aromatic rings. The molecule has 28 heavy (non-hydrogen) atoms. The van der Waals surface area contributed by atoms with Gasteiger partial charge in [0.05, 0.1) is 17.0 Å². The molecular weight excluding hydrogens is 398 g/mol. The van der Waals surface area contributed by atoms with Crippen LogP contribution in [0, 0.1) is 0 Å². The van der Waals surface area contributed by atoms with Crippen molar-refractivity contribution < 1.29 is 13.2 Å². The Morgan fingerprint density at radius 3 is 2.29 bits per heavy atom. The summed E-state index contributed by atoms with van der Waals surface area (Å²) < 4.78 is 24.8. The van der Waals surface area contributed by atoms with E-state index in [0.29, 0.717) is 18.8 Å². The van der Waals surface area contributed by atoms with Crippen LogP contribution >= 0.6 is 11.6 Å². The minimum atomic E-state index is -3.30. The fourth-order valence-corrected chi connectivity index (χ4v) is 3.84. The second-order valence-corrected chi connectivity index (χ2v) is 8.75. The van der Waals surface area contributed by atoms with Crippen molar-refractivity contribution in [3.63, 3.8) is 0 Å². The number of carbonyl (C=O) groups excluding carboxylic acids is 1.